The van der Waals surface area contributed by atoms with E-state index in [-0.39, 0.29) is 17.7 Å². The number of anilines is 1. The first-order valence-electron chi connectivity index (χ1n) is 7.40. The van der Waals surface area contributed by atoms with E-state index in [0.29, 0.717) is 33.4 Å². The van der Waals surface area contributed by atoms with Gasteiger partial charge in [-0.2, -0.15) is 0 Å². The molecule has 3 aromatic rings. The molecule has 1 amide bonds. The van der Waals surface area contributed by atoms with E-state index >= 15 is 0 Å². The van der Waals surface area contributed by atoms with Crippen molar-refractivity contribution in [3.8, 4) is 0 Å². The summed E-state index contributed by atoms with van der Waals surface area (Å²) in [6, 6.07) is 9.52. The molecule has 0 saturated heterocycles. The van der Waals surface area contributed by atoms with Gasteiger partial charge in [0.2, 0.25) is 0 Å². The second-order valence-electron chi connectivity index (χ2n) is 5.14. The molecule has 0 aliphatic heterocycles. The molecule has 0 unspecified atom stereocenters. The SMILES string of the molecule is O=C(NCCNc1ncc(Cl)cc1Cl)c1cc(=O)c2ccccc2o1. The Balaban J connectivity index is 1.60. The minimum atomic E-state index is -0.472. The van der Waals surface area contributed by atoms with Crippen LogP contribution < -0.4 is 16.1 Å². The molecule has 8 heteroatoms. The summed E-state index contributed by atoms with van der Waals surface area (Å²) in [6.45, 7) is 0.675. The maximum Gasteiger partial charge on any atom is 0.287 e. The normalized spacial score (nSPS) is 10.6. The van der Waals surface area contributed by atoms with E-state index in [9.17, 15) is 9.59 Å². The summed E-state index contributed by atoms with van der Waals surface area (Å²) in [6.07, 6.45) is 1.47. The van der Waals surface area contributed by atoms with Crippen molar-refractivity contribution in [3.05, 3.63) is 68.6 Å². The highest BCUT2D eigenvalue weighted by Crippen LogP contribution is 2.22. The Bertz CT molecular complexity index is 988. The number of halogens is 2. The molecule has 0 bridgehead atoms. The molecule has 0 aliphatic rings. The molecule has 0 spiro atoms. The second kappa shape index (κ2) is 7.55. The van der Waals surface area contributed by atoms with Gasteiger partial charge in [0, 0.05) is 25.4 Å². The van der Waals surface area contributed by atoms with E-state index in [4.69, 9.17) is 27.6 Å². The molecule has 128 valence electrons. The number of para-hydroxylation sites is 1. The number of benzene rings is 1. The van der Waals surface area contributed by atoms with Crippen molar-refractivity contribution in [2.24, 2.45) is 0 Å². The minimum Gasteiger partial charge on any atom is -0.451 e. The van der Waals surface area contributed by atoms with Crippen LogP contribution in [0.5, 0.6) is 0 Å². The number of fused-ring (bicyclic) bond motifs is 1. The molecular formula is C17H13Cl2N3O3. The van der Waals surface area contributed by atoms with Gasteiger partial charge in [-0.3, -0.25) is 9.59 Å². The molecule has 0 fully saturated rings. The first kappa shape index (κ1) is 17.3. The second-order valence-corrected chi connectivity index (χ2v) is 5.98. The Hall–Kier alpha value is -2.57. The zero-order valence-corrected chi connectivity index (χ0v) is 14.4. The molecule has 1 aromatic carbocycles. The summed E-state index contributed by atoms with van der Waals surface area (Å²) < 4.78 is 5.47. The van der Waals surface area contributed by atoms with Crippen molar-refractivity contribution >= 4 is 45.9 Å². The van der Waals surface area contributed by atoms with Gasteiger partial charge in [-0.1, -0.05) is 35.3 Å². The minimum absolute atomic E-state index is 0.0358. The van der Waals surface area contributed by atoms with Crippen molar-refractivity contribution in [2.75, 3.05) is 18.4 Å². The average Bonchev–Trinajstić information content (AvgIpc) is 2.60. The fraction of sp³-hybridized carbons (Fsp3) is 0.118. The maximum absolute atomic E-state index is 12.1. The summed E-state index contributed by atoms with van der Waals surface area (Å²) in [7, 11) is 0. The van der Waals surface area contributed by atoms with Crippen LogP contribution in [-0.4, -0.2) is 24.0 Å². The van der Waals surface area contributed by atoms with Crippen LogP contribution in [0.4, 0.5) is 5.82 Å². The fourth-order valence-corrected chi connectivity index (χ4v) is 2.65. The molecule has 2 aromatic heterocycles. The highest BCUT2D eigenvalue weighted by Gasteiger charge is 2.11. The molecule has 0 aliphatic carbocycles. The monoisotopic (exact) mass is 377 g/mol. The van der Waals surface area contributed by atoms with Crippen LogP contribution in [0.2, 0.25) is 10.0 Å². The standard InChI is InChI=1S/C17H13Cl2N3O3/c18-10-7-12(19)16(22-9-10)20-5-6-21-17(24)15-8-13(23)11-3-1-2-4-14(11)25-15/h1-4,7-9H,5-6H2,(H,20,22)(H,21,24). The molecule has 6 nitrogen and oxygen atoms in total. The molecule has 0 atom stereocenters. The lowest BCUT2D eigenvalue weighted by molar-refractivity contribution is 0.0928. The third kappa shape index (κ3) is 4.10. The van der Waals surface area contributed by atoms with Gasteiger partial charge >= 0.3 is 0 Å². The zero-order chi connectivity index (χ0) is 17.8. The lowest BCUT2D eigenvalue weighted by Gasteiger charge is -2.08. The van der Waals surface area contributed by atoms with Crippen molar-refractivity contribution in [2.45, 2.75) is 0 Å². The van der Waals surface area contributed by atoms with E-state index in [0.717, 1.165) is 0 Å². The molecule has 0 saturated carbocycles. The van der Waals surface area contributed by atoms with Crippen LogP contribution in [0.15, 0.2) is 51.8 Å². The molecule has 25 heavy (non-hydrogen) atoms. The molecular weight excluding hydrogens is 365 g/mol. The van der Waals surface area contributed by atoms with Gasteiger partial charge < -0.3 is 15.1 Å². The number of nitrogens with one attached hydrogen (secondary N) is 2. The van der Waals surface area contributed by atoms with Gasteiger partial charge in [-0.25, -0.2) is 4.98 Å². The lowest BCUT2D eigenvalue weighted by Crippen LogP contribution is -2.29. The number of carbonyl (C=O) groups is 1. The van der Waals surface area contributed by atoms with Crippen molar-refractivity contribution < 1.29 is 9.21 Å². The van der Waals surface area contributed by atoms with Crippen molar-refractivity contribution in [1.82, 2.24) is 10.3 Å². The number of rotatable bonds is 5. The zero-order valence-electron chi connectivity index (χ0n) is 12.9. The highest BCUT2D eigenvalue weighted by atomic mass is 35.5. The quantitative estimate of drug-likeness (QED) is 0.666. The third-order valence-corrected chi connectivity index (χ3v) is 3.86. The number of amides is 1. The van der Waals surface area contributed by atoms with Crippen LogP contribution in [0.1, 0.15) is 10.6 Å². The summed E-state index contributed by atoms with van der Waals surface area (Å²) in [5.41, 5.74) is 0.109. The van der Waals surface area contributed by atoms with E-state index in [1.54, 1.807) is 30.3 Å². The summed E-state index contributed by atoms with van der Waals surface area (Å²) >= 11 is 11.8. The Morgan fingerprint density at radius 2 is 1.96 bits per heavy atom. The van der Waals surface area contributed by atoms with Crippen LogP contribution >= 0.6 is 23.2 Å². The Morgan fingerprint density at radius 3 is 2.76 bits per heavy atom. The number of carbonyl (C=O) groups excluding carboxylic acids is 1. The van der Waals surface area contributed by atoms with Crippen LogP contribution in [0.3, 0.4) is 0 Å². The predicted octanol–water partition coefficient (Wildman–Crippen LogP) is 3.34. The van der Waals surface area contributed by atoms with Gasteiger partial charge in [0.05, 0.1) is 15.4 Å². The Kier molecular flexibility index (Phi) is 5.21. The summed E-state index contributed by atoms with van der Waals surface area (Å²) in [5, 5.41) is 6.90. The molecule has 2 N–H and O–H groups in total. The summed E-state index contributed by atoms with van der Waals surface area (Å²) in [4.78, 5) is 28.2. The smallest absolute Gasteiger partial charge is 0.287 e. The lowest BCUT2D eigenvalue weighted by atomic mass is 10.2. The van der Waals surface area contributed by atoms with E-state index in [1.165, 1.54) is 12.3 Å². The number of pyridine rings is 1. The fourth-order valence-electron chi connectivity index (χ4n) is 2.20. The predicted molar refractivity (Wildman–Crippen MR) is 97.6 cm³/mol. The first-order chi connectivity index (χ1) is 12.0. The number of hydrogen-bond acceptors (Lipinski definition) is 5. The number of hydrogen-bond donors (Lipinski definition) is 2. The van der Waals surface area contributed by atoms with Crippen LogP contribution in [0, 0.1) is 0 Å². The third-order valence-electron chi connectivity index (χ3n) is 3.37. The molecule has 0 radical (unpaired) electrons. The van der Waals surface area contributed by atoms with Crippen LogP contribution in [-0.2, 0) is 0 Å². The van der Waals surface area contributed by atoms with Crippen LogP contribution in [0.25, 0.3) is 11.0 Å². The summed E-state index contributed by atoms with van der Waals surface area (Å²) in [5.74, 6) is -0.0382. The van der Waals surface area contributed by atoms with Crippen molar-refractivity contribution in [1.29, 1.82) is 0 Å². The van der Waals surface area contributed by atoms with Gasteiger partial charge in [0.25, 0.3) is 5.91 Å². The first-order valence-corrected chi connectivity index (χ1v) is 8.16. The Labute approximate surface area is 152 Å². The van der Waals surface area contributed by atoms with Crippen molar-refractivity contribution in [3.63, 3.8) is 0 Å². The number of aromatic nitrogens is 1. The van der Waals surface area contributed by atoms with Gasteiger partial charge in [0.15, 0.2) is 11.2 Å². The van der Waals surface area contributed by atoms with E-state index < -0.39 is 5.91 Å². The molecule has 2 heterocycles. The molecule has 3 rings (SSSR count). The van der Waals surface area contributed by atoms with E-state index in [2.05, 4.69) is 15.6 Å². The Morgan fingerprint density at radius 1 is 1.16 bits per heavy atom. The van der Waals surface area contributed by atoms with E-state index in [1.807, 2.05) is 0 Å². The number of nitrogens with zero attached hydrogens (tertiary/aromatic N) is 1. The highest BCUT2D eigenvalue weighted by molar-refractivity contribution is 6.35. The van der Waals surface area contributed by atoms with Gasteiger partial charge in [-0.05, 0) is 18.2 Å². The average molecular weight is 378 g/mol. The largest absolute Gasteiger partial charge is 0.451 e. The van der Waals surface area contributed by atoms with Gasteiger partial charge in [-0.15, -0.1) is 0 Å². The van der Waals surface area contributed by atoms with Gasteiger partial charge in [0.1, 0.15) is 11.4 Å². The maximum atomic E-state index is 12.1. The topological polar surface area (TPSA) is 84.2 Å².